The number of rotatable bonds is 1. The van der Waals surface area contributed by atoms with E-state index in [-0.39, 0.29) is 5.82 Å². The van der Waals surface area contributed by atoms with Gasteiger partial charge in [0.15, 0.2) is 11.5 Å². The van der Waals surface area contributed by atoms with Crippen LogP contribution in [0.4, 0.5) is 4.39 Å². The van der Waals surface area contributed by atoms with E-state index in [1.807, 2.05) is 0 Å². The number of aromatic nitrogens is 1. The minimum Gasteiger partial charge on any atom is -0.440 e. The summed E-state index contributed by atoms with van der Waals surface area (Å²) in [4.78, 5) is 4.36. The summed E-state index contributed by atoms with van der Waals surface area (Å²) >= 11 is 0. The molecule has 4 heteroatoms. The third-order valence-corrected chi connectivity index (χ3v) is 3.21. The molecule has 2 heterocycles. The van der Waals surface area contributed by atoms with Gasteiger partial charge in [-0.05, 0) is 32.0 Å². The minimum absolute atomic E-state index is 0.273. The lowest BCUT2D eigenvalue weighted by atomic mass is 10.0. The molecule has 0 aliphatic carbocycles. The molecule has 0 saturated carbocycles. The van der Waals surface area contributed by atoms with Crippen molar-refractivity contribution >= 4 is 11.1 Å². The number of fused-ring (bicyclic) bond motifs is 1. The second-order valence-corrected chi connectivity index (χ2v) is 4.30. The van der Waals surface area contributed by atoms with Crippen molar-refractivity contribution in [2.24, 2.45) is 0 Å². The van der Waals surface area contributed by atoms with Gasteiger partial charge in [-0.2, -0.15) is 0 Å². The van der Waals surface area contributed by atoms with Gasteiger partial charge in [-0.3, -0.25) is 0 Å². The second kappa shape index (κ2) is 3.56. The summed E-state index contributed by atoms with van der Waals surface area (Å²) in [5.41, 5.74) is 1.27. The van der Waals surface area contributed by atoms with Crippen LogP contribution in [-0.4, -0.2) is 17.6 Å². The van der Waals surface area contributed by atoms with Crippen LogP contribution in [0.25, 0.3) is 11.1 Å². The summed E-state index contributed by atoms with van der Waals surface area (Å²) in [5.74, 6) is 0.749. The molecule has 16 heavy (non-hydrogen) atoms. The molecule has 1 saturated heterocycles. The van der Waals surface area contributed by atoms with Gasteiger partial charge in [-0.1, -0.05) is 0 Å². The van der Waals surface area contributed by atoms with Gasteiger partial charge in [0.1, 0.15) is 11.3 Å². The molecule has 1 fully saturated rings. The summed E-state index contributed by atoms with van der Waals surface area (Å²) in [6.07, 6.45) is 1.02. The van der Waals surface area contributed by atoms with Crippen LogP contribution in [0, 0.1) is 5.82 Å². The van der Waals surface area contributed by atoms with Gasteiger partial charge < -0.3 is 9.73 Å². The van der Waals surface area contributed by atoms with Crippen LogP contribution < -0.4 is 5.32 Å². The number of nitrogens with zero attached hydrogens (tertiary/aromatic N) is 1. The lowest BCUT2D eigenvalue weighted by molar-refractivity contribution is 0.447. The Morgan fingerprint density at radius 2 is 2.38 bits per heavy atom. The van der Waals surface area contributed by atoms with Gasteiger partial charge >= 0.3 is 0 Å². The number of hydrogen-bond acceptors (Lipinski definition) is 3. The molecule has 3 rings (SSSR count). The first kappa shape index (κ1) is 9.78. The van der Waals surface area contributed by atoms with Crippen molar-refractivity contribution in [2.75, 3.05) is 6.54 Å². The maximum atomic E-state index is 13.0. The lowest BCUT2D eigenvalue weighted by Gasteiger charge is -2.09. The number of halogens is 1. The molecule has 0 radical (unpaired) electrons. The lowest BCUT2D eigenvalue weighted by Crippen LogP contribution is -2.21. The zero-order valence-electron chi connectivity index (χ0n) is 9.03. The van der Waals surface area contributed by atoms with Crippen molar-refractivity contribution in [3.05, 3.63) is 29.9 Å². The van der Waals surface area contributed by atoms with E-state index < -0.39 is 0 Å². The van der Waals surface area contributed by atoms with E-state index in [1.54, 1.807) is 6.07 Å². The number of nitrogens with one attached hydrogen (secondary N) is 1. The average Bonchev–Trinajstić information content (AvgIpc) is 2.82. The van der Waals surface area contributed by atoms with E-state index in [0.29, 0.717) is 23.1 Å². The molecule has 1 N–H and O–H groups in total. The third kappa shape index (κ3) is 1.50. The highest BCUT2D eigenvalue weighted by molar-refractivity contribution is 5.72. The molecule has 2 aromatic rings. The van der Waals surface area contributed by atoms with E-state index in [4.69, 9.17) is 4.42 Å². The molecular formula is C12H13FN2O. The van der Waals surface area contributed by atoms with E-state index in [0.717, 1.165) is 18.9 Å². The highest BCUT2D eigenvalue weighted by atomic mass is 19.1. The van der Waals surface area contributed by atoms with E-state index in [1.165, 1.54) is 12.1 Å². The van der Waals surface area contributed by atoms with Crippen molar-refractivity contribution in [2.45, 2.75) is 25.3 Å². The Morgan fingerprint density at radius 3 is 3.12 bits per heavy atom. The number of hydrogen-bond donors (Lipinski definition) is 1. The zero-order valence-corrected chi connectivity index (χ0v) is 9.03. The predicted octanol–water partition coefficient (Wildman–Crippen LogP) is 2.43. The van der Waals surface area contributed by atoms with Crippen molar-refractivity contribution in [3.8, 4) is 0 Å². The van der Waals surface area contributed by atoms with Gasteiger partial charge in [0.2, 0.25) is 0 Å². The molecule has 0 spiro atoms. The van der Waals surface area contributed by atoms with E-state index in [2.05, 4.69) is 17.2 Å². The van der Waals surface area contributed by atoms with Crippen molar-refractivity contribution in [1.82, 2.24) is 10.3 Å². The number of benzene rings is 1. The van der Waals surface area contributed by atoms with Crippen LogP contribution in [0.1, 0.15) is 25.2 Å². The highest BCUT2D eigenvalue weighted by Crippen LogP contribution is 2.29. The Hall–Kier alpha value is -1.42. The summed E-state index contributed by atoms with van der Waals surface area (Å²) in [6.45, 7) is 3.10. The van der Waals surface area contributed by atoms with Crippen LogP contribution in [0.2, 0.25) is 0 Å². The fraction of sp³-hybridized carbons (Fsp3) is 0.417. The summed E-state index contributed by atoms with van der Waals surface area (Å²) in [6, 6.07) is 4.81. The van der Waals surface area contributed by atoms with Gasteiger partial charge in [0.05, 0.1) is 5.92 Å². The standard InChI is InChI=1S/C12H13FN2O/c1-7-9(4-5-14-7)12-15-10-6-8(13)2-3-11(10)16-12/h2-3,6-7,9,14H,4-5H2,1H3. The highest BCUT2D eigenvalue weighted by Gasteiger charge is 2.28. The van der Waals surface area contributed by atoms with Crippen LogP contribution >= 0.6 is 0 Å². The molecule has 1 aromatic carbocycles. The smallest absolute Gasteiger partial charge is 0.200 e. The van der Waals surface area contributed by atoms with Crippen molar-refractivity contribution in [3.63, 3.8) is 0 Å². The van der Waals surface area contributed by atoms with Crippen LogP contribution in [0.15, 0.2) is 22.6 Å². The third-order valence-electron chi connectivity index (χ3n) is 3.21. The molecule has 3 nitrogen and oxygen atoms in total. The fourth-order valence-corrected chi connectivity index (χ4v) is 2.27. The first-order chi connectivity index (χ1) is 7.74. The van der Waals surface area contributed by atoms with Crippen LogP contribution in [-0.2, 0) is 0 Å². The monoisotopic (exact) mass is 220 g/mol. The average molecular weight is 220 g/mol. The van der Waals surface area contributed by atoms with E-state index >= 15 is 0 Å². The molecule has 1 aliphatic rings. The largest absolute Gasteiger partial charge is 0.440 e. The van der Waals surface area contributed by atoms with Crippen LogP contribution in [0.3, 0.4) is 0 Å². The Morgan fingerprint density at radius 1 is 1.50 bits per heavy atom. The molecule has 2 atom stereocenters. The summed E-state index contributed by atoms with van der Waals surface area (Å²) in [5, 5.41) is 3.35. The topological polar surface area (TPSA) is 38.1 Å². The minimum atomic E-state index is -0.273. The summed E-state index contributed by atoms with van der Waals surface area (Å²) < 4.78 is 18.7. The maximum absolute atomic E-state index is 13.0. The predicted molar refractivity (Wildman–Crippen MR) is 58.8 cm³/mol. The van der Waals surface area contributed by atoms with Gasteiger partial charge in [-0.15, -0.1) is 0 Å². The fourth-order valence-electron chi connectivity index (χ4n) is 2.27. The van der Waals surface area contributed by atoms with E-state index in [9.17, 15) is 4.39 Å². The molecule has 0 bridgehead atoms. The Balaban J connectivity index is 2.04. The first-order valence-corrected chi connectivity index (χ1v) is 5.53. The first-order valence-electron chi connectivity index (χ1n) is 5.53. The van der Waals surface area contributed by atoms with Gasteiger partial charge in [0.25, 0.3) is 0 Å². The molecule has 1 aromatic heterocycles. The Kier molecular flexibility index (Phi) is 2.17. The summed E-state index contributed by atoms with van der Waals surface area (Å²) in [7, 11) is 0. The molecule has 84 valence electrons. The molecule has 1 aliphatic heterocycles. The molecule has 2 unspecified atom stereocenters. The molecular weight excluding hydrogens is 207 g/mol. The normalized spacial score (nSPS) is 25.4. The Bertz CT molecular complexity index is 523. The van der Waals surface area contributed by atoms with Gasteiger partial charge in [0, 0.05) is 12.1 Å². The number of oxazole rings is 1. The SMILES string of the molecule is CC1NCCC1c1nc2cc(F)ccc2o1. The second-order valence-electron chi connectivity index (χ2n) is 4.30. The maximum Gasteiger partial charge on any atom is 0.200 e. The van der Waals surface area contributed by atoms with Crippen LogP contribution in [0.5, 0.6) is 0 Å². The quantitative estimate of drug-likeness (QED) is 0.802. The molecule has 0 amide bonds. The van der Waals surface area contributed by atoms with Crippen molar-refractivity contribution < 1.29 is 8.81 Å². The van der Waals surface area contributed by atoms with Gasteiger partial charge in [-0.25, -0.2) is 9.37 Å². The Labute approximate surface area is 92.7 Å². The zero-order chi connectivity index (χ0) is 11.1. The van der Waals surface area contributed by atoms with Crippen molar-refractivity contribution in [1.29, 1.82) is 0 Å².